The van der Waals surface area contributed by atoms with Crippen molar-refractivity contribution in [3.05, 3.63) is 0 Å². The van der Waals surface area contributed by atoms with E-state index in [1.54, 1.807) is 0 Å². The quantitative estimate of drug-likeness (QED) is 0.420. The third kappa shape index (κ3) is 4.26. The van der Waals surface area contributed by atoms with Gasteiger partial charge >= 0.3 is 5.97 Å². The standard InChI is InChI=1S/C6H10N2O4/c1-4(9)12-8(2)6(11)3-5(7)10/h3H2,1-2H3,(H2,7,10). The van der Waals surface area contributed by atoms with E-state index >= 15 is 0 Å². The van der Waals surface area contributed by atoms with Crippen molar-refractivity contribution in [1.82, 2.24) is 5.06 Å². The molecule has 68 valence electrons. The molecule has 0 rings (SSSR count). The summed E-state index contributed by atoms with van der Waals surface area (Å²) in [7, 11) is 1.23. The minimum Gasteiger partial charge on any atom is -0.369 e. The van der Waals surface area contributed by atoms with Crippen molar-refractivity contribution in [3.63, 3.8) is 0 Å². The molecule has 12 heavy (non-hydrogen) atoms. The molecule has 0 aliphatic rings. The molecule has 0 aromatic rings. The zero-order valence-corrected chi connectivity index (χ0v) is 6.86. The van der Waals surface area contributed by atoms with E-state index in [1.807, 2.05) is 0 Å². The van der Waals surface area contributed by atoms with Gasteiger partial charge in [0.15, 0.2) is 0 Å². The minimum atomic E-state index is -0.765. The molecule has 0 atom stereocenters. The Morgan fingerprint density at radius 3 is 2.25 bits per heavy atom. The highest BCUT2D eigenvalue weighted by Gasteiger charge is 2.13. The number of nitrogens with two attached hydrogens (primary N) is 1. The summed E-state index contributed by atoms with van der Waals surface area (Å²) in [4.78, 5) is 35.7. The van der Waals surface area contributed by atoms with Gasteiger partial charge in [0.05, 0.1) is 0 Å². The highest BCUT2D eigenvalue weighted by Crippen LogP contribution is 1.91. The summed E-state index contributed by atoms with van der Waals surface area (Å²) in [5.74, 6) is -2.05. The van der Waals surface area contributed by atoms with Crippen molar-refractivity contribution < 1.29 is 19.2 Å². The van der Waals surface area contributed by atoms with Gasteiger partial charge in [-0.3, -0.25) is 14.4 Å². The fourth-order valence-corrected chi connectivity index (χ4v) is 0.504. The lowest BCUT2D eigenvalue weighted by Gasteiger charge is -2.13. The van der Waals surface area contributed by atoms with Crippen molar-refractivity contribution in [2.45, 2.75) is 13.3 Å². The molecule has 0 radical (unpaired) electrons. The first-order valence-electron chi connectivity index (χ1n) is 3.17. The predicted octanol–water partition coefficient (Wildman–Crippen LogP) is -1.20. The molecule has 2 amide bonds. The second-order valence-corrected chi connectivity index (χ2v) is 2.12. The van der Waals surface area contributed by atoms with Gasteiger partial charge in [-0.25, -0.2) is 0 Å². The van der Waals surface area contributed by atoms with E-state index in [4.69, 9.17) is 5.73 Å². The molecule has 2 N–H and O–H groups in total. The molecule has 6 nitrogen and oxygen atoms in total. The van der Waals surface area contributed by atoms with Crippen LogP contribution in [-0.2, 0) is 19.2 Å². The van der Waals surface area contributed by atoms with Crippen LogP contribution in [0.2, 0.25) is 0 Å². The van der Waals surface area contributed by atoms with Crippen LogP contribution in [0.25, 0.3) is 0 Å². The predicted molar refractivity (Wildman–Crippen MR) is 38.3 cm³/mol. The maximum atomic E-state index is 10.8. The Bertz CT molecular complexity index is 214. The summed E-state index contributed by atoms with van der Waals surface area (Å²) in [5.41, 5.74) is 4.74. The zero-order valence-electron chi connectivity index (χ0n) is 6.86. The molecule has 0 saturated heterocycles. The van der Waals surface area contributed by atoms with Crippen LogP contribution in [0.1, 0.15) is 13.3 Å². The smallest absolute Gasteiger partial charge is 0.329 e. The fourth-order valence-electron chi connectivity index (χ4n) is 0.504. The Hall–Kier alpha value is -1.59. The number of primary amides is 1. The number of carbonyl (C=O) groups is 3. The summed E-state index contributed by atoms with van der Waals surface area (Å²) in [6.07, 6.45) is -0.468. The van der Waals surface area contributed by atoms with Crippen molar-refractivity contribution >= 4 is 17.8 Å². The Balaban J connectivity index is 3.93. The van der Waals surface area contributed by atoms with Gasteiger partial charge in [0.25, 0.3) is 5.91 Å². The number of nitrogens with zero attached hydrogens (tertiary/aromatic N) is 1. The number of rotatable bonds is 2. The van der Waals surface area contributed by atoms with Crippen molar-refractivity contribution in [1.29, 1.82) is 0 Å². The molecule has 0 spiro atoms. The first kappa shape index (κ1) is 10.4. The second-order valence-electron chi connectivity index (χ2n) is 2.12. The van der Waals surface area contributed by atoms with E-state index in [0.29, 0.717) is 5.06 Å². The van der Waals surface area contributed by atoms with Gasteiger partial charge in [-0.15, -0.1) is 0 Å². The van der Waals surface area contributed by atoms with E-state index < -0.39 is 24.2 Å². The Morgan fingerprint density at radius 2 is 1.92 bits per heavy atom. The Labute approximate surface area is 69.2 Å². The highest BCUT2D eigenvalue weighted by atomic mass is 16.7. The third-order valence-electron chi connectivity index (χ3n) is 0.942. The maximum absolute atomic E-state index is 10.8. The average Bonchev–Trinajstić information content (AvgIpc) is 1.84. The van der Waals surface area contributed by atoms with Crippen molar-refractivity contribution in [2.75, 3.05) is 7.05 Å². The number of amides is 2. The minimum absolute atomic E-state index is 0.468. The van der Waals surface area contributed by atoms with Gasteiger partial charge in [0.2, 0.25) is 5.91 Å². The van der Waals surface area contributed by atoms with Crippen LogP contribution >= 0.6 is 0 Å². The number of hydrogen-bond donors (Lipinski definition) is 1. The van der Waals surface area contributed by atoms with Gasteiger partial charge in [0, 0.05) is 14.0 Å². The van der Waals surface area contributed by atoms with Gasteiger partial charge in [-0.05, 0) is 0 Å². The summed E-state index contributed by atoms with van der Waals surface area (Å²) >= 11 is 0. The van der Waals surface area contributed by atoms with E-state index in [0.717, 1.165) is 6.92 Å². The van der Waals surface area contributed by atoms with Crippen LogP contribution in [0.5, 0.6) is 0 Å². The normalized spacial score (nSPS) is 8.83. The first-order valence-corrected chi connectivity index (χ1v) is 3.17. The third-order valence-corrected chi connectivity index (χ3v) is 0.942. The monoisotopic (exact) mass is 174 g/mol. The van der Waals surface area contributed by atoms with Crippen LogP contribution < -0.4 is 5.73 Å². The molecule has 0 aliphatic heterocycles. The Morgan fingerprint density at radius 1 is 1.42 bits per heavy atom. The van der Waals surface area contributed by atoms with Crippen LogP contribution in [0, 0.1) is 0 Å². The van der Waals surface area contributed by atoms with Crippen LogP contribution in [-0.4, -0.2) is 29.9 Å². The zero-order chi connectivity index (χ0) is 9.72. The van der Waals surface area contributed by atoms with Gasteiger partial charge in [-0.2, -0.15) is 5.06 Å². The largest absolute Gasteiger partial charge is 0.369 e. The molecular formula is C6H10N2O4. The first-order chi connectivity index (χ1) is 5.43. The SMILES string of the molecule is CC(=O)ON(C)C(=O)CC(N)=O. The van der Waals surface area contributed by atoms with E-state index in [2.05, 4.69) is 4.84 Å². The van der Waals surface area contributed by atoms with E-state index in [1.165, 1.54) is 7.05 Å². The number of carbonyl (C=O) groups excluding carboxylic acids is 3. The lowest BCUT2D eigenvalue weighted by molar-refractivity contribution is -0.190. The molecule has 0 aromatic carbocycles. The Kier molecular flexibility index (Phi) is 3.75. The van der Waals surface area contributed by atoms with Gasteiger partial charge < -0.3 is 10.6 Å². The van der Waals surface area contributed by atoms with Crippen LogP contribution in [0.15, 0.2) is 0 Å². The topological polar surface area (TPSA) is 89.7 Å². The summed E-state index contributed by atoms with van der Waals surface area (Å²) < 4.78 is 0. The molecular weight excluding hydrogens is 164 g/mol. The van der Waals surface area contributed by atoms with E-state index in [-0.39, 0.29) is 0 Å². The molecule has 0 aliphatic carbocycles. The summed E-state index contributed by atoms with van der Waals surface area (Å²) in [6.45, 7) is 1.15. The van der Waals surface area contributed by atoms with Gasteiger partial charge in [0.1, 0.15) is 6.42 Å². The number of hydroxylamine groups is 2. The molecule has 0 aromatic heterocycles. The highest BCUT2D eigenvalue weighted by molar-refractivity contribution is 5.95. The maximum Gasteiger partial charge on any atom is 0.329 e. The van der Waals surface area contributed by atoms with Crippen molar-refractivity contribution in [2.24, 2.45) is 5.73 Å². The fraction of sp³-hybridized carbons (Fsp3) is 0.500. The number of hydrogen-bond acceptors (Lipinski definition) is 4. The lowest BCUT2D eigenvalue weighted by atomic mass is 10.4. The second kappa shape index (κ2) is 4.32. The average molecular weight is 174 g/mol. The molecule has 0 heterocycles. The summed E-state index contributed by atoms with van der Waals surface area (Å²) in [5, 5.41) is 0.674. The lowest BCUT2D eigenvalue weighted by Crippen LogP contribution is -2.32. The van der Waals surface area contributed by atoms with Crippen LogP contribution in [0.4, 0.5) is 0 Å². The van der Waals surface area contributed by atoms with Crippen molar-refractivity contribution in [3.8, 4) is 0 Å². The molecule has 0 bridgehead atoms. The van der Waals surface area contributed by atoms with E-state index in [9.17, 15) is 14.4 Å². The van der Waals surface area contributed by atoms with Gasteiger partial charge in [-0.1, -0.05) is 0 Å². The molecule has 0 saturated carbocycles. The molecule has 0 unspecified atom stereocenters. The van der Waals surface area contributed by atoms with Crippen LogP contribution in [0.3, 0.4) is 0 Å². The summed E-state index contributed by atoms with van der Waals surface area (Å²) in [6, 6.07) is 0. The molecule has 0 fully saturated rings. The molecule has 6 heteroatoms.